The largest absolute Gasteiger partial charge is 0.456 e. The van der Waals surface area contributed by atoms with E-state index in [9.17, 15) is 0 Å². The molecule has 1 aliphatic carbocycles. The van der Waals surface area contributed by atoms with E-state index in [0.29, 0.717) is 0 Å². The molecule has 3 aliphatic rings. The van der Waals surface area contributed by atoms with E-state index in [-0.39, 0.29) is 28.4 Å². The molecule has 8 aromatic rings. The molecule has 0 radical (unpaired) electrons. The monoisotopic (exact) mass is 808 g/mol. The Labute approximate surface area is 368 Å². The van der Waals surface area contributed by atoms with Crippen LogP contribution < -0.4 is 26.2 Å². The maximum Gasteiger partial charge on any atom is 0.252 e. The maximum absolute atomic E-state index is 6.31. The SMILES string of the molecule is CC(C)(C)c1ccc(N2c3cc4c(cc3B3c5ccc(C(C)(C)C)cc5N(c5ccc(-c6cccc7oc8ccccc8c67)cc5)c5cccc2c53)C(C)(C)CCC4(C)C)cc1. The molecule has 0 unspecified atom stereocenters. The molecule has 7 aromatic carbocycles. The molecule has 0 spiro atoms. The Kier molecular flexibility index (Phi) is 8.32. The zero-order chi connectivity index (χ0) is 43.1. The van der Waals surface area contributed by atoms with Gasteiger partial charge in [0.15, 0.2) is 0 Å². The van der Waals surface area contributed by atoms with Gasteiger partial charge in [-0.25, -0.2) is 0 Å². The number of hydrogen-bond acceptors (Lipinski definition) is 3. The predicted octanol–water partition coefficient (Wildman–Crippen LogP) is 14.3. The third-order valence-electron chi connectivity index (χ3n) is 14.7. The van der Waals surface area contributed by atoms with Gasteiger partial charge in [-0.15, -0.1) is 0 Å². The molecule has 0 bridgehead atoms. The van der Waals surface area contributed by atoms with Gasteiger partial charge in [0.05, 0.1) is 0 Å². The van der Waals surface area contributed by atoms with Crippen LogP contribution in [0, 0.1) is 0 Å². The first-order valence-electron chi connectivity index (χ1n) is 22.7. The summed E-state index contributed by atoms with van der Waals surface area (Å²) in [6.07, 6.45) is 2.35. The summed E-state index contributed by atoms with van der Waals surface area (Å²) >= 11 is 0. The van der Waals surface area contributed by atoms with Gasteiger partial charge >= 0.3 is 0 Å². The van der Waals surface area contributed by atoms with E-state index in [2.05, 4.69) is 212 Å². The lowest BCUT2D eigenvalue weighted by atomic mass is 9.33. The van der Waals surface area contributed by atoms with Crippen molar-refractivity contribution in [1.29, 1.82) is 0 Å². The molecule has 3 heterocycles. The second kappa shape index (κ2) is 13.3. The fraction of sp³-hybridized carbons (Fsp3) is 0.276. The number of furan rings is 1. The zero-order valence-corrected chi connectivity index (χ0v) is 38.1. The molecular formula is C58H57BN2O. The Morgan fingerprint density at radius 2 is 1.05 bits per heavy atom. The Morgan fingerprint density at radius 1 is 0.500 bits per heavy atom. The molecular weight excluding hydrogens is 751 g/mol. The lowest BCUT2D eigenvalue weighted by Crippen LogP contribution is -2.61. The molecule has 0 amide bonds. The van der Waals surface area contributed by atoms with E-state index in [4.69, 9.17) is 4.42 Å². The minimum absolute atomic E-state index is 0.0199. The molecule has 3 nitrogen and oxygen atoms in total. The number of fused-ring (bicyclic) bond motifs is 8. The zero-order valence-electron chi connectivity index (χ0n) is 38.1. The van der Waals surface area contributed by atoms with Crippen molar-refractivity contribution in [2.45, 2.75) is 104 Å². The first-order valence-corrected chi connectivity index (χ1v) is 22.7. The van der Waals surface area contributed by atoms with Gasteiger partial charge in [0.2, 0.25) is 0 Å². The third kappa shape index (κ3) is 5.85. The average Bonchev–Trinajstić information content (AvgIpc) is 3.63. The quantitative estimate of drug-likeness (QED) is 0.166. The highest BCUT2D eigenvalue weighted by atomic mass is 16.3. The highest BCUT2D eigenvalue weighted by molar-refractivity contribution is 7.00. The van der Waals surface area contributed by atoms with E-state index in [0.717, 1.165) is 27.6 Å². The lowest BCUT2D eigenvalue weighted by molar-refractivity contribution is 0.332. The van der Waals surface area contributed by atoms with Crippen LogP contribution >= 0.6 is 0 Å². The number of benzene rings is 7. The molecule has 1 aromatic heterocycles. The Hall–Kier alpha value is -6.00. The molecule has 0 saturated heterocycles. The molecule has 0 N–H and O–H groups in total. The molecule has 308 valence electrons. The normalized spacial score (nSPS) is 16.3. The summed E-state index contributed by atoms with van der Waals surface area (Å²) in [5.41, 5.74) is 21.6. The molecule has 11 rings (SSSR count). The summed E-state index contributed by atoms with van der Waals surface area (Å²) in [6.45, 7) is 23.8. The van der Waals surface area contributed by atoms with E-state index < -0.39 is 0 Å². The summed E-state index contributed by atoms with van der Waals surface area (Å²) in [5.74, 6) is 0. The maximum atomic E-state index is 6.31. The highest BCUT2D eigenvalue weighted by Crippen LogP contribution is 2.51. The van der Waals surface area contributed by atoms with Gasteiger partial charge in [-0.1, -0.05) is 148 Å². The molecule has 0 atom stereocenters. The first-order chi connectivity index (χ1) is 29.5. The van der Waals surface area contributed by atoms with E-state index in [1.54, 1.807) is 0 Å². The van der Waals surface area contributed by atoms with Crippen LogP contribution in [0.2, 0.25) is 0 Å². The average molecular weight is 809 g/mol. The van der Waals surface area contributed by atoms with Crippen LogP contribution in [0.25, 0.3) is 33.1 Å². The number of nitrogens with zero attached hydrogens (tertiary/aromatic N) is 2. The van der Waals surface area contributed by atoms with Gasteiger partial charge in [-0.2, -0.15) is 0 Å². The summed E-state index contributed by atoms with van der Waals surface area (Å²) in [7, 11) is 0. The number of anilines is 6. The summed E-state index contributed by atoms with van der Waals surface area (Å²) in [4.78, 5) is 5.13. The Bertz CT molecular complexity index is 3100. The summed E-state index contributed by atoms with van der Waals surface area (Å²) in [6, 6.07) is 53.0. The van der Waals surface area contributed by atoms with Crippen LogP contribution in [0.1, 0.15) is 104 Å². The molecule has 62 heavy (non-hydrogen) atoms. The van der Waals surface area contributed by atoms with Gasteiger partial charge in [-0.05, 0) is 145 Å². The van der Waals surface area contributed by atoms with E-state index >= 15 is 0 Å². The van der Waals surface area contributed by atoms with E-state index in [1.165, 1.54) is 91.0 Å². The third-order valence-corrected chi connectivity index (χ3v) is 14.7. The van der Waals surface area contributed by atoms with E-state index in [1.807, 2.05) is 6.07 Å². The van der Waals surface area contributed by atoms with Gasteiger partial charge in [0.1, 0.15) is 11.2 Å². The Balaban J connectivity index is 1.15. The van der Waals surface area contributed by atoms with Crippen LogP contribution in [0.15, 0.2) is 144 Å². The van der Waals surface area contributed by atoms with Crippen LogP contribution in [-0.2, 0) is 21.7 Å². The van der Waals surface area contributed by atoms with Crippen molar-refractivity contribution in [3.05, 3.63) is 162 Å². The van der Waals surface area contributed by atoms with Gasteiger partial charge in [0, 0.05) is 44.9 Å². The fourth-order valence-corrected chi connectivity index (χ4v) is 10.9. The van der Waals surface area contributed by atoms with Crippen molar-refractivity contribution >= 4 is 79.2 Å². The number of rotatable bonds is 3. The molecule has 0 fully saturated rings. The topological polar surface area (TPSA) is 19.6 Å². The smallest absolute Gasteiger partial charge is 0.252 e. The lowest BCUT2D eigenvalue weighted by Gasteiger charge is -2.47. The number of para-hydroxylation sites is 1. The molecule has 0 saturated carbocycles. The van der Waals surface area contributed by atoms with Crippen LogP contribution in [0.3, 0.4) is 0 Å². The summed E-state index contributed by atoms with van der Waals surface area (Å²) < 4.78 is 6.31. The van der Waals surface area contributed by atoms with Gasteiger partial charge in [0.25, 0.3) is 6.71 Å². The minimum atomic E-state index is -0.0199. The van der Waals surface area contributed by atoms with Crippen molar-refractivity contribution < 1.29 is 4.42 Å². The van der Waals surface area contributed by atoms with Gasteiger partial charge < -0.3 is 14.2 Å². The van der Waals surface area contributed by atoms with Crippen LogP contribution in [-0.4, -0.2) is 6.71 Å². The number of hydrogen-bond donors (Lipinski definition) is 0. The van der Waals surface area contributed by atoms with Crippen molar-refractivity contribution in [3.8, 4) is 11.1 Å². The van der Waals surface area contributed by atoms with Crippen molar-refractivity contribution in [2.75, 3.05) is 9.80 Å². The van der Waals surface area contributed by atoms with Crippen LogP contribution in [0.5, 0.6) is 0 Å². The van der Waals surface area contributed by atoms with Crippen molar-refractivity contribution in [1.82, 2.24) is 0 Å². The van der Waals surface area contributed by atoms with Crippen LogP contribution in [0.4, 0.5) is 34.1 Å². The van der Waals surface area contributed by atoms with Crippen molar-refractivity contribution in [3.63, 3.8) is 0 Å². The standard InChI is InChI=1S/C58H57BN2O/c1-55(2,3)37-23-28-40(29-24-37)61-48-18-14-17-47-54(48)59(46-34-43-44(35-50(46)61)58(9,10)32-31-57(43,7)8)45-30-25-38(56(4,5)6)33-49(45)60(47)39-26-21-36(22-27-39)41-16-13-20-52-53(41)42-15-11-12-19-51(42)62-52/h11-30,33-35H,31-32H2,1-10H3. The van der Waals surface area contributed by atoms with Gasteiger partial charge in [-0.3, -0.25) is 0 Å². The second-order valence-corrected chi connectivity index (χ2v) is 21.7. The molecule has 2 aliphatic heterocycles. The molecule has 4 heteroatoms. The first kappa shape index (κ1) is 38.9. The second-order valence-electron chi connectivity index (χ2n) is 21.7. The minimum Gasteiger partial charge on any atom is -0.456 e. The fourth-order valence-electron chi connectivity index (χ4n) is 10.9. The summed E-state index contributed by atoms with van der Waals surface area (Å²) in [5, 5.41) is 2.31. The predicted molar refractivity (Wildman–Crippen MR) is 266 cm³/mol. The Morgan fingerprint density at radius 3 is 1.69 bits per heavy atom. The highest BCUT2D eigenvalue weighted by Gasteiger charge is 2.46. The van der Waals surface area contributed by atoms with Crippen molar-refractivity contribution in [2.24, 2.45) is 0 Å².